The van der Waals surface area contributed by atoms with Crippen molar-refractivity contribution in [3.63, 3.8) is 0 Å². The fraction of sp³-hybridized carbons (Fsp3) is 0.455. The van der Waals surface area contributed by atoms with E-state index >= 15 is 0 Å². The Kier molecular flexibility index (Phi) is 13.2. The molecule has 3 N–H and O–H groups in total. The van der Waals surface area contributed by atoms with E-state index in [2.05, 4.69) is 28.8 Å². The lowest BCUT2D eigenvalue weighted by molar-refractivity contribution is 0.474. The zero-order chi connectivity index (χ0) is 18.5. The fourth-order valence-corrected chi connectivity index (χ4v) is 3.06. The highest BCUT2D eigenvalue weighted by molar-refractivity contribution is 8.93. The number of rotatable bonds is 13. The molecule has 0 spiro atoms. The Hall–Kier alpha value is -1.07. The zero-order valence-corrected chi connectivity index (χ0v) is 18.4. The standard InChI is InChI=1S/C22H31ClN2O.BrH/c23-21-10-8-19(9-11-21)12-16-24-14-3-1-2-4-15-25-17-13-20-6-5-7-22(26)18-20;/h5-11,18,24-26H,1-4,12-17H2;1H. The van der Waals surface area contributed by atoms with Crippen molar-refractivity contribution in [3.05, 3.63) is 64.7 Å². The Morgan fingerprint density at radius 1 is 0.704 bits per heavy atom. The SMILES string of the molecule is Br.Oc1cccc(CCNCCCCCCNCCc2ccc(Cl)cc2)c1. The van der Waals surface area contributed by atoms with Gasteiger partial charge in [-0.1, -0.05) is 48.7 Å². The molecule has 0 saturated heterocycles. The fourth-order valence-electron chi connectivity index (χ4n) is 2.93. The molecule has 5 heteroatoms. The lowest BCUT2D eigenvalue weighted by atomic mass is 10.1. The van der Waals surface area contributed by atoms with E-state index in [-0.39, 0.29) is 17.0 Å². The van der Waals surface area contributed by atoms with E-state index in [1.807, 2.05) is 24.3 Å². The normalized spacial score (nSPS) is 10.6. The maximum Gasteiger partial charge on any atom is 0.115 e. The number of hydrogen-bond acceptors (Lipinski definition) is 3. The number of halogens is 2. The number of nitrogens with one attached hydrogen (secondary N) is 2. The summed E-state index contributed by atoms with van der Waals surface area (Å²) in [7, 11) is 0. The molecule has 0 atom stereocenters. The summed E-state index contributed by atoms with van der Waals surface area (Å²) in [5, 5.41) is 17.2. The number of benzene rings is 2. The second-order valence-electron chi connectivity index (χ2n) is 6.71. The van der Waals surface area contributed by atoms with Crippen LogP contribution in [-0.2, 0) is 12.8 Å². The van der Waals surface area contributed by atoms with Crippen LogP contribution in [0.1, 0.15) is 36.8 Å². The van der Waals surface area contributed by atoms with Gasteiger partial charge in [-0.2, -0.15) is 0 Å². The minimum Gasteiger partial charge on any atom is -0.508 e. The molecule has 0 aliphatic carbocycles. The van der Waals surface area contributed by atoms with Crippen molar-refractivity contribution in [1.29, 1.82) is 0 Å². The zero-order valence-electron chi connectivity index (χ0n) is 15.9. The van der Waals surface area contributed by atoms with E-state index in [0.29, 0.717) is 5.75 Å². The molecule has 2 aromatic carbocycles. The van der Waals surface area contributed by atoms with E-state index in [4.69, 9.17) is 11.6 Å². The average Bonchev–Trinajstić information content (AvgIpc) is 2.64. The van der Waals surface area contributed by atoms with Gasteiger partial charge in [-0.15, -0.1) is 17.0 Å². The molecule has 0 aliphatic heterocycles. The van der Waals surface area contributed by atoms with Crippen LogP contribution in [0.4, 0.5) is 0 Å². The second kappa shape index (κ2) is 14.9. The lowest BCUT2D eigenvalue weighted by Gasteiger charge is -2.07. The molecule has 2 rings (SSSR count). The van der Waals surface area contributed by atoms with Gasteiger partial charge < -0.3 is 15.7 Å². The lowest BCUT2D eigenvalue weighted by Crippen LogP contribution is -2.19. The molecular weight excluding hydrogens is 424 g/mol. The largest absolute Gasteiger partial charge is 0.508 e. The molecule has 3 nitrogen and oxygen atoms in total. The van der Waals surface area contributed by atoms with Crippen LogP contribution in [0.2, 0.25) is 5.02 Å². The molecule has 0 aromatic heterocycles. The Balaban J connectivity index is 0.00000364. The van der Waals surface area contributed by atoms with Gasteiger partial charge in [0, 0.05) is 5.02 Å². The maximum atomic E-state index is 9.43. The molecule has 150 valence electrons. The van der Waals surface area contributed by atoms with Crippen LogP contribution >= 0.6 is 28.6 Å². The Bertz CT molecular complexity index is 622. The van der Waals surface area contributed by atoms with E-state index in [0.717, 1.165) is 44.0 Å². The molecule has 0 saturated carbocycles. The first-order valence-electron chi connectivity index (χ1n) is 9.68. The quantitative estimate of drug-likeness (QED) is 0.366. The van der Waals surface area contributed by atoms with Crippen molar-refractivity contribution in [2.75, 3.05) is 26.2 Å². The van der Waals surface area contributed by atoms with Crippen molar-refractivity contribution in [1.82, 2.24) is 10.6 Å². The van der Waals surface area contributed by atoms with Crippen LogP contribution in [0, 0.1) is 0 Å². The van der Waals surface area contributed by atoms with E-state index in [1.165, 1.54) is 36.8 Å². The number of unbranched alkanes of at least 4 members (excludes halogenated alkanes) is 3. The van der Waals surface area contributed by atoms with Gasteiger partial charge in [-0.3, -0.25) is 0 Å². The first kappa shape index (κ1) is 24.0. The predicted molar refractivity (Wildman–Crippen MR) is 121 cm³/mol. The smallest absolute Gasteiger partial charge is 0.115 e. The third-order valence-electron chi connectivity index (χ3n) is 4.46. The maximum absolute atomic E-state index is 9.43. The van der Waals surface area contributed by atoms with E-state index in [9.17, 15) is 5.11 Å². The highest BCUT2D eigenvalue weighted by atomic mass is 79.9. The van der Waals surface area contributed by atoms with Gasteiger partial charge in [0.15, 0.2) is 0 Å². The Morgan fingerprint density at radius 2 is 1.30 bits per heavy atom. The van der Waals surface area contributed by atoms with Crippen LogP contribution in [0.3, 0.4) is 0 Å². The highest BCUT2D eigenvalue weighted by Gasteiger charge is 1.96. The molecule has 0 fully saturated rings. The molecular formula is C22H32BrClN2O. The van der Waals surface area contributed by atoms with Crippen LogP contribution in [0.15, 0.2) is 48.5 Å². The summed E-state index contributed by atoms with van der Waals surface area (Å²) < 4.78 is 0. The number of hydrogen-bond donors (Lipinski definition) is 3. The summed E-state index contributed by atoms with van der Waals surface area (Å²) in [4.78, 5) is 0. The van der Waals surface area contributed by atoms with Gasteiger partial charge in [0.2, 0.25) is 0 Å². The highest BCUT2D eigenvalue weighted by Crippen LogP contribution is 2.11. The van der Waals surface area contributed by atoms with Crippen molar-refractivity contribution in [2.45, 2.75) is 38.5 Å². The van der Waals surface area contributed by atoms with Crippen LogP contribution < -0.4 is 10.6 Å². The molecule has 27 heavy (non-hydrogen) atoms. The Morgan fingerprint density at radius 3 is 1.89 bits per heavy atom. The van der Waals surface area contributed by atoms with Gasteiger partial charge in [-0.25, -0.2) is 0 Å². The summed E-state index contributed by atoms with van der Waals surface area (Å²) in [6.45, 7) is 4.16. The number of phenols is 1. The van der Waals surface area contributed by atoms with Crippen LogP contribution in [0.5, 0.6) is 5.75 Å². The summed E-state index contributed by atoms with van der Waals surface area (Å²) in [5.74, 6) is 0.351. The van der Waals surface area contributed by atoms with Gasteiger partial charge in [0.25, 0.3) is 0 Å². The van der Waals surface area contributed by atoms with Gasteiger partial charge in [0.05, 0.1) is 0 Å². The van der Waals surface area contributed by atoms with Crippen LogP contribution in [0.25, 0.3) is 0 Å². The van der Waals surface area contributed by atoms with Gasteiger partial charge in [-0.05, 0) is 87.3 Å². The number of aromatic hydroxyl groups is 1. The molecule has 0 aliphatic rings. The molecule has 0 bridgehead atoms. The third kappa shape index (κ3) is 11.4. The summed E-state index contributed by atoms with van der Waals surface area (Å²) >= 11 is 5.89. The summed E-state index contributed by atoms with van der Waals surface area (Å²) in [6, 6.07) is 15.6. The predicted octanol–water partition coefficient (Wildman–Crippen LogP) is 5.15. The van der Waals surface area contributed by atoms with E-state index < -0.39 is 0 Å². The first-order chi connectivity index (χ1) is 12.7. The monoisotopic (exact) mass is 454 g/mol. The summed E-state index contributed by atoms with van der Waals surface area (Å²) in [5.41, 5.74) is 2.51. The minimum absolute atomic E-state index is 0. The average molecular weight is 456 g/mol. The minimum atomic E-state index is 0. The molecule has 0 amide bonds. The number of phenolic OH excluding ortho intramolecular Hbond substituents is 1. The van der Waals surface area contributed by atoms with Crippen molar-refractivity contribution >= 4 is 28.6 Å². The van der Waals surface area contributed by atoms with Crippen LogP contribution in [-0.4, -0.2) is 31.3 Å². The van der Waals surface area contributed by atoms with Crippen molar-refractivity contribution in [2.24, 2.45) is 0 Å². The topological polar surface area (TPSA) is 44.3 Å². The van der Waals surface area contributed by atoms with Gasteiger partial charge in [0.1, 0.15) is 5.75 Å². The first-order valence-corrected chi connectivity index (χ1v) is 10.1. The summed E-state index contributed by atoms with van der Waals surface area (Å²) in [6.07, 6.45) is 7.04. The van der Waals surface area contributed by atoms with E-state index in [1.54, 1.807) is 6.07 Å². The molecule has 0 heterocycles. The Labute approximate surface area is 179 Å². The van der Waals surface area contributed by atoms with Crippen molar-refractivity contribution < 1.29 is 5.11 Å². The van der Waals surface area contributed by atoms with Crippen molar-refractivity contribution in [3.8, 4) is 5.75 Å². The third-order valence-corrected chi connectivity index (χ3v) is 4.71. The second-order valence-corrected chi connectivity index (χ2v) is 7.15. The molecule has 0 unspecified atom stereocenters. The molecule has 0 radical (unpaired) electrons. The molecule has 2 aromatic rings. The van der Waals surface area contributed by atoms with Gasteiger partial charge >= 0.3 is 0 Å².